The van der Waals surface area contributed by atoms with Gasteiger partial charge >= 0.3 is 5.97 Å². The normalized spacial score (nSPS) is 10.4. The van der Waals surface area contributed by atoms with Gasteiger partial charge in [0.1, 0.15) is 6.33 Å². The van der Waals surface area contributed by atoms with Crippen LogP contribution in [0, 0.1) is 0 Å². The molecule has 0 bridgehead atoms. The minimum atomic E-state index is -0.978. The molecule has 0 spiro atoms. The van der Waals surface area contributed by atoms with Crippen molar-refractivity contribution in [3.8, 4) is 0 Å². The second kappa shape index (κ2) is 8.70. The first kappa shape index (κ1) is 19.0. The van der Waals surface area contributed by atoms with E-state index in [2.05, 4.69) is 20.6 Å². The molecule has 0 aliphatic rings. The van der Waals surface area contributed by atoms with Gasteiger partial charge in [-0.2, -0.15) is 0 Å². The molecule has 0 aliphatic carbocycles. The fraction of sp³-hybridized carbons (Fsp3) is 0.278. The zero-order valence-corrected chi connectivity index (χ0v) is 14.5. The summed E-state index contributed by atoms with van der Waals surface area (Å²) in [6, 6.07) is 6.30. The van der Waals surface area contributed by atoms with Crippen molar-refractivity contribution in [3.05, 3.63) is 53.6 Å². The first-order chi connectivity index (χ1) is 12.4. The lowest BCUT2D eigenvalue weighted by Gasteiger charge is -2.11. The molecule has 1 aromatic heterocycles. The highest BCUT2D eigenvalue weighted by Gasteiger charge is 2.15. The van der Waals surface area contributed by atoms with Crippen LogP contribution < -0.4 is 10.6 Å². The van der Waals surface area contributed by atoms with Crippen LogP contribution in [0.2, 0.25) is 0 Å². The van der Waals surface area contributed by atoms with Gasteiger partial charge in [0, 0.05) is 24.0 Å². The first-order valence-corrected chi connectivity index (χ1v) is 8.09. The number of carbonyl (C=O) groups is 3. The van der Waals surface area contributed by atoms with Crippen LogP contribution in [0.15, 0.2) is 36.8 Å². The minimum absolute atomic E-state index is 0.0542. The number of aromatic nitrogens is 2. The van der Waals surface area contributed by atoms with E-state index in [0.717, 1.165) is 0 Å². The van der Waals surface area contributed by atoms with Crippen LogP contribution in [-0.2, 0) is 4.79 Å². The highest BCUT2D eigenvalue weighted by Crippen LogP contribution is 2.17. The molecule has 2 rings (SSSR count). The number of nitrogens with zero attached hydrogens (tertiary/aromatic N) is 2. The van der Waals surface area contributed by atoms with E-state index in [9.17, 15) is 14.4 Å². The molecule has 3 N–H and O–H groups in total. The van der Waals surface area contributed by atoms with Gasteiger partial charge < -0.3 is 15.7 Å². The van der Waals surface area contributed by atoms with Crippen molar-refractivity contribution < 1.29 is 19.5 Å². The van der Waals surface area contributed by atoms with Crippen molar-refractivity contribution in [1.29, 1.82) is 0 Å². The third kappa shape index (κ3) is 5.10. The molecule has 26 heavy (non-hydrogen) atoms. The third-order valence-electron chi connectivity index (χ3n) is 3.56. The zero-order valence-electron chi connectivity index (χ0n) is 14.5. The summed E-state index contributed by atoms with van der Waals surface area (Å²) in [5.41, 5.74) is 1.96. The monoisotopic (exact) mass is 356 g/mol. The van der Waals surface area contributed by atoms with Crippen molar-refractivity contribution in [3.63, 3.8) is 0 Å². The smallest absolute Gasteiger partial charge is 0.305 e. The molecular weight excluding hydrogens is 336 g/mol. The maximum Gasteiger partial charge on any atom is 0.305 e. The van der Waals surface area contributed by atoms with Gasteiger partial charge in [-0.05, 0) is 30.2 Å². The van der Waals surface area contributed by atoms with Crippen LogP contribution in [-0.4, -0.2) is 39.4 Å². The Hall–Kier alpha value is -3.29. The number of carboxylic acid groups (broad SMARTS) is 1. The molecule has 0 aliphatic heterocycles. The predicted molar refractivity (Wildman–Crippen MR) is 95.1 cm³/mol. The van der Waals surface area contributed by atoms with E-state index in [1.165, 1.54) is 12.5 Å². The Balaban J connectivity index is 2.02. The van der Waals surface area contributed by atoms with Gasteiger partial charge in [-0.3, -0.25) is 14.4 Å². The van der Waals surface area contributed by atoms with Gasteiger partial charge in [-0.15, -0.1) is 0 Å². The average molecular weight is 356 g/mol. The number of hydrogen-bond donors (Lipinski definition) is 3. The van der Waals surface area contributed by atoms with Crippen LogP contribution in [0.5, 0.6) is 0 Å². The van der Waals surface area contributed by atoms with Gasteiger partial charge in [0.05, 0.1) is 17.7 Å². The molecule has 2 aromatic rings. The van der Waals surface area contributed by atoms with Crippen LogP contribution in [0.25, 0.3) is 0 Å². The molecule has 0 saturated heterocycles. The molecule has 136 valence electrons. The minimum Gasteiger partial charge on any atom is -0.481 e. The summed E-state index contributed by atoms with van der Waals surface area (Å²) in [4.78, 5) is 42.8. The number of benzene rings is 1. The van der Waals surface area contributed by atoms with E-state index >= 15 is 0 Å². The van der Waals surface area contributed by atoms with Gasteiger partial charge in [0.25, 0.3) is 11.8 Å². The van der Waals surface area contributed by atoms with Crippen LogP contribution in [0.3, 0.4) is 0 Å². The Morgan fingerprint density at radius 1 is 1.12 bits per heavy atom. The molecule has 0 radical (unpaired) electrons. The van der Waals surface area contributed by atoms with Crippen molar-refractivity contribution in [2.45, 2.75) is 26.2 Å². The standard InChI is InChI=1S/C18H20N4O4/c1-11(2)16-14(9-19-10-21-16)18(26)22-13-5-3-12(4-6-13)17(25)20-8-7-15(23)24/h3-6,9-11H,7-8H2,1-2H3,(H,20,25)(H,22,26)(H,23,24). The van der Waals surface area contributed by atoms with Crippen molar-refractivity contribution in [2.75, 3.05) is 11.9 Å². The van der Waals surface area contributed by atoms with E-state index in [1.807, 2.05) is 13.8 Å². The molecule has 0 atom stereocenters. The summed E-state index contributed by atoms with van der Waals surface area (Å²) >= 11 is 0. The Morgan fingerprint density at radius 2 is 1.81 bits per heavy atom. The molecule has 0 unspecified atom stereocenters. The van der Waals surface area contributed by atoms with E-state index in [4.69, 9.17) is 5.11 Å². The summed E-state index contributed by atoms with van der Waals surface area (Å²) in [7, 11) is 0. The van der Waals surface area contributed by atoms with E-state index < -0.39 is 5.97 Å². The maximum atomic E-state index is 12.4. The van der Waals surface area contributed by atoms with Crippen molar-refractivity contribution in [2.24, 2.45) is 0 Å². The number of aliphatic carboxylic acids is 1. The highest BCUT2D eigenvalue weighted by molar-refractivity contribution is 6.05. The Kier molecular flexibility index (Phi) is 6.37. The maximum absolute atomic E-state index is 12.4. The quantitative estimate of drug-likeness (QED) is 0.698. The number of carboxylic acids is 1. The van der Waals surface area contributed by atoms with Crippen LogP contribution in [0.1, 0.15) is 52.6 Å². The molecule has 0 fully saturated rings. The molecule has 8 nitrogen and oxygen atoms in total. The molecule has 1 aromatic carbocycles. The summed E-state index contributed by atoms with van der Waals surface area (Å²) in [5, 5.41) is 13.8. The van der Waals surface area contributed by atoms with Crippen molar-refractivity contribution in [1.82, 2.24) is 15.3 Å². The molecule has 0 saturated carbocycles. The number of rotatable bonds is 7. The lowest BCUT2D eigenvalue weighted by Crippen LogP contribution is -2.26. The second-order valence-electron chi connectivity index (χ2n) is 5.91. The lowest BCUT2D eigenvalue weighted by molar-refractivity contribution is -0.136. The molecule has 8 heteroatoms. The topological polar surface area (TPSA) is 121 Å². The number of anilines is 1. The Morgan fingerprint density at radius 3 is 2.42 bits per heavy atom. The molecular formula is C18H20N4O4. The fourth-order valence-corrected chi connectivity index (χ4v) is 2.26. The van der Waals surface area contributed by atoms with Gasteiger partial charge in [0.2, 0.25) is 0 Å². The number of nitrogens with one attached hydrogen (secondary N) is 2. The Bertz CT molecular complexity index is 803. The number of carbonyl (C=O) groups excluding carboxylic acids is 2. The average Bonchev–Trinajstić information content (AvgIpc) is 2.61. The summed E-state index contributed by atoms with van der Waals surface area (Å²) in [6.07, 6.45) is 2.74. The fourth-order valence-electron chi connectivity index (χ4n) is 2.26. The largest absolute Gasteiger partial charge is 0.481 e. The summed E-state index contributed by atoms with van der Waals surface area (Å²) < 4.78 is 0. The number of hydrogen-bond acceptors (Lipinski definition) is 5. The number of amides is 2. The van der Waals surface area contributed by atoms with E-state index in [1.54, 1.807) is 24.3 Å². The first-order valence-electron chi connectivity index (χ1n) is 8.09. The third-order valence-corrected chi connectivity index (χ3v) is 3.56. The molecule has 1 heterocycles. The zero-order chi connectivity index (χ0) is 19.1. The van der Waals surface area contributed by atoms with Gasteiger partial charge in [0.15, 0.2) is 0 Å². The van der Waals surface area contributed by atoms with Crippen molar-refractivity contribution >= 4 is 23.5 Å². The summed E-state index contributed by atoms with van der Waals surface area (Å²) in [5.74, 6) is -1.60. The SMILES string of the molecule is CC(C)c1ncncc1C(=O)Nc1ccc(C(=O)NCCC(=O)O)cc1. The van der Waals surface area contributed by atoms with Crippen LogP contribution >= 0.6 is 0 Å². The molecule has 2 amide bonds. The van der Waals surface area contributed by atoms with Crippen LogP contribution in [0.4, 0.5) is 5.69 Å². The highest BCUT2D eigenvalue weighted by atomic mass is 16.4. The van der Waals surface area contributed by atoms with Gasteiger partial charge in [-0.1, -0.05) is 13.8 Å². The second-order valence-corrected chi connectivity index (χ2v) is 5.91. The lowest BCUT2D eigenvalue weighted by atomic mass is 10.0. The predicted octanol–water partition coefficient (Wildman–Crippen LogP) is 2.06. The van der Waals surface area contributed by atoms with Gasteiger partial charge in [-0.25, -0.2) is 9.97 Å². The Labute approximate surface area is 150 Å². The van der Waals surface area contributed by atoms with E-state index in [-0.39, 0.29) is 30.7 Å². The van der Waals surface area contributed by atoms with E-state index in [0.29, 0.717) is 22.5 Å². The summed E-state index contributed by atoms with van der Waals surface area (Å²) in [6.45, 7) is 3.94.